The SMILES string of the molecule is CCc1c[nH]c2ncnc(N3CC[C@](N)(CNc4cc(C)on4)C3)c12. The lowest BCUT2D eigenvalue weighted by atomic mass is 10.0. The Kier molecular flexibility index (Phi) is 3.84. The molecule has 0 amide bonds. The van der Waals surface area contributed by atoms with Gasteiger partial charge in [0.15, 0.2) is 5.82 Å². The molecule has 0 aliphatic carbocycles. The zero-order valence-electron chi connectivity index (χ0n) is 14.5. The van der Waals surface area contributed by atoms with Crippen LogP contribution in [-0.4, -0.2) is 45.3 Å². The van der Waals surface area contributed by atoms with Gasteiger partial charge in [-0.05, 0) is 25.3 Å². The van der Waals surface area contributed by atoms with E-state index in [9.17, 15) is 0 Å². The number of aromatic nitrogens is 4. The highest BCUT2D eigenvalue weighted by molar-refractivity contribution is 5.91. The summed E-state index contributed by atoms with van der Waals surface area (Å²) in [4.78, 5) is 14.4. The molecule has 132 valence electrons. The first-order valence-corrected chi connectivity index (χ1v) is 8.60. The van der Waals surface area contributed by atoms with Crippen LogP contribution in [-0.2, 0) is 6.42 Å². The highest BCUT2D eigenvalue weighted by Gasteiger charge is 2.36. The monoisotopic (exact) mass is 341 g/mol. The molecule has 0 radical (unpaired) electrons. The predicted octanol–water partition coefficient (Wildman–Crippen LogP) is 1.84. The number of nitrogens with one attached hydrogen (secondary N) is 2. The molecule has 0 aromatic carbocycles. The van der Waals surface area contributed by atoms with Gasteiger partial charge in [0.1, 0.15) is 23.6 Å². The van der Waals surface area contributed by atoms with E-state index in [1.54, 1.807) is 6.33 Å². The Morgan fingerprint density at radius 1 is 1.44 bits per heavy atom. The van der Waals surface area contributed by atoms with Crippen LogP contribution in [0.2, 0.25) is 0 Å². The number of rotatable bonds is 5. The number of aryl methyl sites for hydroxylation is 2. The zero-order chi connectivity index (χ0) is 17.4. The summed E-state index contributed by atoms with van der Waals surface area (Å²) >= 11 is 0. The fourth-order valence-corrected chi connectivity index (χ4v) is 3.46. The van der Waals surface area contributed by atoms with Gasteiger partial charge in [-0.2, -0.15) is 0 Å². The van der Waals surface area contributed by atoms with E-state index >= 15 is 0 Å². The topological polar surface area (TPSA) is 109 Å². The van der Waals surface area contributed by atoms with Gasteiger partial charge in [0.25, 0.3) is 0 Å². The van der Waals surface area contributed by atoms with E-state index in [-0.39, 0.29) is 5.54 Å². The molecule has 1 aliphatic heterocycles. The fourth-order valence-electron chi connectivity index (χ4n) is 3.46. The molecule has 25 heavy (non-hydrogen) atoms. The van der Waals surface area contributed by atoms with Crippen LogP contribution in [0.5, 0.6) is 0 Å². The summed E-state index contributed by atoms with van der Waals surface area (Å²) in [5.74, 6) is 2.47. The summed E-state index contributed by atoms with van der Waals surface area (Å²) in [5, 5.41) is 8.35. The molecule has 0 saturated carbocycles. The summed E-state index contributed by atoms with van der Waals surface area (Å²) in [6.45, 7) is 6.25. The lowest BCUT2D eigenvalue weighted by molar-refractivity contribution is 0.398. The standard InChI is InChI=1S/C17H23N7O/c1-3-12-7-19-15-14(12)16(22-10-21-15)24-5-4-17(18,9-24)8-20-13-6-11(2)25-23-13/h6-7,10H,3-5,8-9,18H2,1-2H3,(H,20,23)(H,19,21,22)/t17-/m0/s1. The number of hydrogen-bond donors (Lipinski definition) is 3. The summed E-state index contributed by atoms with van der Waals surface area (Å²) in [7, 11) is 0. The molecule has 4 N–H and O–H groups in total. The maximum Gasteiger partial charge on any atom is 0.169 e. The highest BCUT2D eigenvalue weighted by atomic mass is 16.5. The molecule has 4 rings (SSSR count). The van der Waals surface area contributed by atoms with Crippen molar-refractivity contribution in [1.82, 2.24) is 20.1 Å². The number of aromatic amines is 1. The second-order valence-corrected chi connectivity index (χ2v) is 6.80. The van der Waals surface area contributed by atoms with E-state index in [1.807, 2.05) is 19.2 Å². The van der Waals surface area contributed by atoms with Crippen LogP contribution in [0.3, 0.4) is 0 Å². The lowest BCUT2D eigenvalue weighted by Crippen LogP contribution is -2.48. The Labute approximate surface area is 145 Å². The number of nitrogens with zero attached hydrogens (tertiary/aromatic N) is 4. The normalized spacial score (nSPS) is 20.5. The van der Waals surface area contributed by atoms with Crippen LogP contribution in [0.25, 0.3) is 11.0 Å². The molecule has 4 heterocycles. The van der Waals surface area contributed by atoms with E-state index < -0.39 is 0 Å². The van der Waals surface area contributed by atoms with Crippen LogP contribution in [0, 0.1) is 6.92 Å². The van der Waals surface area contributed by atoms with Crippen molar-refractivity contribution in [3.05, 3.63) is 29.9 Å². The molecule has 8 heteroatoms. The van der Waals surface area contributed by atoms with E-state index in [0.717, 1.165) is 54.4 Å². The summed E-state index contributed by atoms with van der Waals surface area (Å²) < 4.78 is 5.08. The van der Waals surface area contributed by atoms with E-state index in [1.165, 1.54) is 5.56 Å². The van der Waals surface area contributed by atoms with Crippen molar-refractivity contribution < 1.29 is 4.52 Å². The van der Waals surface area contributed by atoms with Crippen LogP contribution < -0.4 is 16.0 Å². The average molecular weight is 341 g/mol. The first kappa shape index (κ1) is 15.9. The molecule has 1 saturated heterocycles. The largest absolute Gasteiger partial charge is 0.365 e. The summed E-state index contributed by atoms with van der Waals surface area (Å²) in [5.41, 5.74) is 8.39. The van der Waals surface area contributed by atoms with E-state index in [4.69, 9.17) is 10.3 Å². The molecule has 0 bridgehead atoms. The van der Waals surface area contributed by atoms with Crippen LogP contribution >= 0.6 is 0 Å². The minimum atomic E-state index is -0.340. The van der Waals surface area contributed by atoms with Crippen molar-refractivity contribution >= 4 is 22.7 Å². The highest BCUT2D eigenvalue weighted by Crippen LogP contribution is 2.31. The second-order valence-electron chi connectivity index (χ2n) is 6.80. The predicted molar refractivity (Wildman–Crippen MR) is 96.7 cm³/mol. The average Bonchev–Trinajstić information content (AvgIpc) is 3.31. The third-order valence-corrected chi connectivity index (χ3v) is 4.85. The van der Waals surface area contributed by atoms with Gasteiger partial charge in [0, 0.05) is 31.9 Å². The molecule has 3 aromatic rings. The van der Waals surface area contributed by atoms with Crippen molar-refractivity contribution in [3.8, 4) is 0 Å². The van der Waals surface area contributed by atoms with Gasteiger partial charge in [-0.1, -0.05) is 12.1 Å². The molecule has 1 atom stereocenters. The third kappa shape index (κ3) is 2.93. The van der Waals surface area contributed by atoms with Crippen LogP contribution in [0.15, 0.2) is 23.1 Å². The molecule has 1 aliphatic rings. The Bertz CT molecular complexity index is 886. The van der Waals surface area contributed by atoms with Gasteiger partial charge < -0.3 is 25.5 Å². The number of nitrogens with two attached hydrogens (primary N) is 1. The minimum Gasteiger partial charge on any atom is -0.365 e. The quantitative estimate of drug-likeness (QED) is 0.649. The van der Waals surface area contributed by atoms with Gasteiger partial charge in [0.05, 0.1) is 10.9 Å². The molecular formula is C17H23N7O. The lowest BCUT2D eigenvalue weighted by Gasteiger charge is -2.25. The van der Waals surface area contributed by atoms with Gasteiger partial charge in [-0.3, -0.25) is 0 Å². The Morgan fingerprint density at radius 2 is 2.32 bits per heavy atom. The van der Waals surface area contributed by atoms with Gasteiger partial charge >= 0.3 is 0 Å². The molecule has 1 fully saturated rings. The molecular weight excluding hydrogens is 318 g/mol. The molecule has 8 nitrogen and oxygen atoms in total. The van der Waals surface area contributed by atoms with Crippen molar-refractivity contribution in [2.24, 2.45) is 5.73 Å². The maximum atomic E-state index is 6.62. The number of anilines is 2. The molecule has 0 spiro atoms. The third-order valence-electron chi connectivity index (χ3n) is 4.85. The first-order valence-electron chi connectivity index (χ1n) is 8.60. The van der Waals surface area contributed by atoms with Crippen molar-refractivity contribution in [1.29, 1.82) is 0 Å². The van der Waals surface area contributed by atoms with E-state index in [0.29, 0.717) is 6.54 Å². The Hall–Kier alpha value is -2.61. The first-order chi connectivity index (χ1) is 12.1. The van der Waals surface area contributed by atoms with Crippen molar-refractivity contribution in [2.75, 3.05) is 29.9 Å². The maximum absolute atomic E-state index is 6.62. The fraction of sp³-hybridized carbons (Fsp3) is 0.471. The molecule has 3 aromatic heterocycles. The van der Waals surface area contributed by atoms with Crippen molar-refractivity contribution in [3.63, 3.8) is 0 Å². The van der Waals surface area contributed by atoms with Crippen molar-refractivity contribution in [2.45, 2.75) is 32.2 Å². The van der Waals surface area contributed by atoms with Gasteiger partial charge in [-0.15, -0.1) is 0 Å². The smallest absolute Gasteiger partial charge is 0.169 e. The van der Waals surface area contributed by atoms with Crippen LogP contribution in [0.1, 0.15) is 24.7 Å². The van der Waals surface area contributed by atoms with Crippen LogP contribution in [0.4, 0.5) is 11.6 Å². The zero-order valence-corrected chi connectivity index (χ0v) is 14.5. The molecule has 0 unspecified atom stereocenters. The number of H-pyrrole nitrogens is 1. The summed E-state index contributed by atoms with van der Waals surface area (Å²) in [6, 6.07) is 1.87. The summed E-state index contributed by atoms with van der Waals surface area (Å²) in [6.07, 6.45) is 5.45. The Balaban J connectivity index is 1.53. The van der Waals surface area contributed by atoms with E-state index in [2.05, 4.69) is 37.2 Å². The number of fused-ring (bicyclic) bond motifs is 1. The van der Waals surface area contributed by atoms with Gasteiger partial charge in [0.2, 0.25) is 0 Å². The minimum absolute atomic E-state index is 0.340. The number of hydrogen-bond acceptors (Lipinski definition) is 7. The second kappa shape index (κ2) is 6.03. The Morgan fingerprint density at radius 3 is 3.08 bits per heavy atom. The van der Waals surface area contributed by atoms with Gasteiger partial charge in [-0.25, -0.2) is 9.97 Å².